The average Bonchev–Trinajstić information content (AvgIpc) is 2.53. The topological polar surface area (TPSA) is 55.8 Å². The van der Waals surface area contributed by atoms with Crippen LogP contribution in [0.4, 0.5) is 26.3 Å². The lowest BCUT2D eigenvalue weighted by molar-refractivity contribution is -0.274. The van der Waals surface area contributed by atoms with Crippen LogP contribution in [0.25, 0.3) is 11.1 Å². The minimum Gasteiger partial charge on any atom is -0.488 e. The number of halogens is 6. The predicted octanol–water partition coefficient (Wildman–Crippen LogP) is 4.91. The van der Waals surface area contributed by atoms with Crippen molar-refractivity contribution < 1.29 is 45.7 Å². The molecule has 0 saturated carbocycles. The molecule has 10 heteroatoms. The van der Waals surface area contributed by atoms with Gasteiger partial charge in [-0.25, -0.2) is 13.2 Å². The molecule has 0 aliphatic heterocycles. The fourth-order valence-electron chi connectivity index (χ4n) is 2.17. The normalized spacial score (nSPS) is 11.3. The van der Waals surface area contributed by atoms with Crippen molar-refractivity contribution in [2.75, 3.05) is 6.61 Å². The van der Waals surface area contributed by atoms with Crippen molar-refractivity contribution in [3.8, 4) is 22.6 Å². The second kappa shape index (κ2) is 8.19. The average molecular weight is 394 g/mol. The third kappa shape index (κ3) is 5.80. The molecule has 27 heavy (non-hydrogen) atoms. The summed E-state index contributed by atoms with van der Waals surface area (Å²) in [5.41, 5.74) is -0.875. The van der Waals surface area contributed by atoms with Crippen LogP contribution in [0.15, 0.2) is 30.3 Å². The molecule has 0 fully saturated rings. The third-order valence-corrected chi connectivity index (χ3v) is 3.26. The van der Waals surface area contributed by atoms with Crippen molar-refractivity contribution in [3.63, 3.8) is 0 Å². The Hall–Kier alpha value is -2.91. The molecule has 0 bridgehead atoms. The summed E-state index contributed by atoms with van der Waals surface area (Å²) in [6.45, 7) is -0.275. The molecule has 0 amide bonds. The largest absolute Gasteiger partial charge is 0.573 e. The molecule has 0 radical (unpaired) electrons. The summed E-state index contributed by atoms with van der Waals surface area (Å²) < 4.78 is 87.4. The highest BCUT2D eigenvalue weighted by atomic mass is 19.4. The molecule has 0 aromatic heterocycles. The number of alkyl halides is 3. The van der Waals surface area contributed by atoms with E-state index in [0.29, 0.717) is 24.3 Å². The van der Waals surface area contributed by atoms with Crippen molar-refractivity contribution in [2.45, 2.75) is 19.2 Å². The molecule has 0 unspecified atom stereocenters. The van der Waals surface area contributed by atoms with Crippen LogP contribution in [0, 0.1) is 17.5 Å². The van der Waals surface area contributed by atoms with Gasteiger partial charge in [-0.05, 0) is 42.3 Å². The molecule has 4 nitrogen and oxygen atoms in total. The SMILES string of the molecule is O=C(O)CCCOc1c(F)cc(-c2cc(OC(F)(F)F)ccc2F)cc1F. The van der Waals surface area contributed by atoms with Crippen LogP contribution in [-0.4, -0.2) is 24.0 Å². The van der Waals surface area contributed by atoms with E-state index in [1.54, 1.807) is 0 Å². The fourth-order valence-corrected chi connectivity index (χ4v) is 2.17. The van der Waals surface area contributed by atoms with Gasteiger partial charge < -0.3 is 14.6 Å². The first-order chi connectivity index (χ1) is 12.6. The van der Waals surface area contributed by atoms with Gasteiger partial charge in [-0.1, -0.05) is 0 Å². The van der Waals surface area contributed by atoms with Crippen LogP contribution in [0.5, 0.6) is 11.5 Å². The zero-order valence-electron chi connectivity index (χ0n) is 13.4. The first kappa shape index (κ1) is 20.4. The monoisotopic (exact) mass is 394 g/mol. The lowest BCUT2D eigenvalue weighted by Gasteiger charge is -2.13. The Balaban J connectivity index is 2.27. The summed E-state index contributed by atoms with van der Waals surface area (Å²) in [5.74, 6) is -6.12. The molecule has 0 saturated heterocycles. The molecule has 2 aromatic carbocycles. The maximum absolute atomic E-state index is 14.1. The Morgan fingerprint density at radius 1 is 1.00 bits per heavy atom. The lowest BCUT2D eigenvalue weighted by atomic mass is 10.0. The maximum Gasteiger partial charge on any atom is 0.573 e. The fraction of sp³-hybridized carbons (Fsp3) is 0.235. The first-order valence-electron chi connectivity index (χ1n) is 7.46. The Bertz CT molecular complexity index is 812. The second-order valence-electron chi connectivity index (χ2n) is 5.30. The molecule has 0 atom stereocenters. The summed E-state index contributed by atoms with van der Waals surface area (Å²) in [4.78, 5) is 10.4. The van der Waals surface area contributed by atoms with Gasteiger partial charge in [-0.15, -0.1) is 13.2 Å². The summed E-state index contributed by atoms with van der Waals surface area (Å²) >= 11 is 0. The minimum absolute atomic E-state index is 0.00141. The Morgan fingerprint density at radius 2 is 1.63 bits per heavy atom. The van der Waals surface area contributed by atoms with Crippen molar-refractivity contribution in [1.29, 1.82) is 0 Å². The van der Waals surface area contributed by atoms with Gasteiger partial charge in [0, 0.05) is 12.0 Å². The number of benzene rings is 2. The van der Waals surface area contributed by atoms with E-state index >= 15 is 0 Å². The molecular formula is C17H12F6O4. The lowest BCUT2D eigenvalue weighted by Crippen LogP contribution is -2.17. The summed E-state index contributed by atoms with van der Waals surface area (Å²) in [6.07, 6.45) is -5.28. The van der Waals surface area contributed by atoms with Crippen molar-refractivity contribution in [3.05, 3.63) is 47.8 Å². The zero-order chi connectivity index (χ0) is 20.2. The number of carbonyl (C=O) groups is 1. The van der Waals surface area contributed by atoms with Crippen LogP contribution in [0.1, 0.15) is 12.8 Å². The second-order valence-corrected chi connectivity index (χ2v) is 5.30. The van der Waals surface area contributed by atoms with Crippen LogP contribution in [0.3, 0.4) is 0 Å². The molecule has 146 valence electrons. The number of hydrogen-bond acceptors (Lipinski definition) is 3. The number of carboxylic acids is 1. The Labute approximate surface area is 148 Å². The maximum atomic E-state index is 14.1. The van der Waals surface area contributed by atoms with Crippen LogP contribution in [-0.2, 0) is 4.79 Å². The van der Waals surface area contributed by atoms with Crippen molar-refractivity contribution in [1.82, 2.24) is 0 Å². The quantitative estimate of drug-likeness (QED) is 0.536. The molecular weight excluding hydrogens is 382 g/mol. The summed E-state index contributed by atoms with van der Waals surface area (Å²) in [5, 5.41) is 8.48. The van der Waals surface area contributed by atoms with Gasteiger partial charge in [0.15, 0.2) is 17.4 Å². The number of aliphatic carboxylic acids is 1. The summed E-state index contributed by atoms with van der Waals surface area (Å²) in [6, 6.07) is 3.42. The van der Waals surface area contributed by atoms with Crippen LogP contribution >= 0.6 is 0 Å². The minimum atomic E-state index is -5.01. The molecule has 2 rings (SSSR count). The van der Waals surface area contributed by atoms with Crippen molar-refractivity contribution >= 4 is 5.97 Å². The molecule has 0 aliphatic carbocycles. The molecule has 0 spiro atoms. The first-order valence-corrected chi connectivity index (χ1v) is 7.46. The van der Waals surface area contributed by atoms with Gasteiger partial charge in [0.25, 0.3) is 0 Å². The van der Waals surface area contributed by atoms with Gasteiger partial charge in [-0.3, -0.25) is 4.79 Å². The van der Waals surface area contributed by atoms with E-state index in [-0.39, 0.29) is 25.0 Å². The van der Waals surface area contributed by atoms with E-state index < -0.39 is 46.8 Å². The van der Waals surface area contributed by atoms with E-state index in [2.05, 4.69) is 4.74 Å². The smallest absolute Gasteiger partial charge is 0.488 e. The van der Waals surface area contributed by atoms with Gasteiger partial charge in [0.05, 0.1) is 6.61 Å². The van der Waals surface area contributed by atoms with E-state index in [1.165, 1.54) is 0 Å². The van der Waals surface area contributed by atoms with Crippen LogP contribution < -0.4 is 9.47 Å². The third-order valence-electron chi connectivity index (χ3n) is 3.26. The van der Waals surface area contributed by atoms with E-state index in [1.807, 2.05) is 0 Å². The standard InChI is InChI=1S/C17H12F6O4/c18-12-4-3-10(27-17(21,22)23)8-11(12)9-6-13(19)16(14(20)7-9)26-5-1-2-15(24)25/h3-4,6-8H,1-2,5H2,(H,24,25). The number of ether oxygens (including phenoxy) is 2. The zero-order valence-corrected chi connectivity index (χ0v) is 13.4. The van der Waals surface area contributed by atoms with Gasteiger partial charge in [0.2, 0.25) is 0 Å². The van der Waals surface area contributed by atoms with E-state index in [4.69, 9.17) is 9.84 Å². The Kier molecular flexibility index (Phi) is 6.19. The molecule has 0 heterocycles. The van der Waals surface area contributed by atoms with Gasteiger partial charge in [-0.2, -0.15) is 0 Å². The van der Waals surface area contributed by atoms with Gasteiger partial charge in [0.1, 0.15) is 11.6 Å². The highest BCUT2D eigenvalue weighted by molar-refractivity contribution is 5.67. The number of carboxylic acid groups (broad SMARTS) is 1. The molecule has 1 N–H and O–H groups in total. The highest BCUT2D eigenvalue weighted by Gasteiger charge is 2.31. The summed E-state index contributed by atoms with van der Waals surface area (Å²) in [7, 11) is 0. The predicted molar refractivity (Wildman–Crippen MR) is 80.8 cm³/mol. The van der Waals surface area contributed by atoms with Crippen LogP contribution in [0.2, 0.25) is 0 Å². The Morgan fingerprint density at radius 3 is 2.19 bits per heavy atom. The number of hydrogen-bond donors (Lipinski definition) is 1. The van der Waals surface area contributed by atoms with E-state index in [9.17, 15) is 31.1 Å². The van der Waals surface area contributed by atoms with Gasteiger partial charge >= 0.3 is 12.3 Å². The molecule has 0 aliphatic rings. The van der Waals surface area contributed by atoms with Crippen molar-refractivity contribution in [2.24, 2.45) is 0 Å². The molecule has 2 aromatic rings. The van der Waals surface area contributed by atoms with E-state index in [0.717, 1.165) is 6.07 Å². The highest BCUT2D eigenvalue weighted by Crippen LogP contribution is 2.33. The number of rotatable bonds is 7.